The van der Waals surface area contributed by atoms with Crippen molar-refractivity contribution in [2.45, 2.75) is 6.92 Å². The molecule has 1 rings (SSSR count). The number of hydrogen-bond donors (Lipinski definition) is 2. The van der Waals surface area contributed by atoms with Crippen LogP contribution in [0.15, 0.2) is 24.3 Å². The molecular weight excluding hydrogens is 236 g/mol. The number of anilines is 2. The van der Waals surface area contributed by atoms with E-state index in [4.69, 9.17) is 15.6 Å². The first-order valence-corrected chi connectivity index (χ1v) is 5.51. The van der Waals surface area contributed by atoms with Gasteiger partial charge in [0.1, 0.15) is 13.1 Å². The molecule has 18 heavy (non-hydrogen) atoms. The SMILES string of the molecule is CCOC(=O)CN(CC(=O)O)c1ccccc1N. The van der Waals surface area contributed by atoms with Gasteiger partial charge in [-0.1, -0.05) is 12.1 Å². The molecule has 0 saturated heterocycles. The van der Waals surface area contributed by atoms with E-state index in [1.807, 2.05) is 0 Å². The quantitative estimate of drug-likeness (QED) is 0.572. The Labute approximate surface area is 105 Å². The van der Waals surface area contributed by atoms with Crippen molar-refractivity contribution >= 4 is 23.3 Å². The van der Waals surface area contributed by atoms with Gasteiger partial charge in [-0.25, -0.2) is 0 Å². The maximum atomic E-state index is 11.4. The van der Waals surface area contributed by atoms with E-state index in [0.29, 0.717) is 11.4 Å². The molecule has 0 radical (unpaired) electrons. The van der Waals surface area contributed by atoms with Crippen LogP contribution in [0.1, 0.15) is 6.92 Å². The molecule has 0 aromatic heterocycles. The van der Waals surface area contributed by atoms with Crippen molar-refractivity contribution in [2.75, 3.05) is 30.3 Å². The highest BCUT2D eigenvalue weighted by Gasteiger charge is 2.17. The first-order chi connectivity index (χ1) is 8.54. The summed E-state index contributed by atoms with van der Waals surface area (Å²) >= 11 is 0. The molecule has 0 aliphatic carbocycles. The zero-order valence-corrected chi connectivity index (χ0v) is 10.1. The lowest BCUT2D eigenvalue weighted by Crippen LogP contribution is -2.35. The molecule has 6 heteroatoms. The molecule has 0 heterocycles. The number of nitrogens with zero attached hydrogens (tertiary/aromatic N) is 1. The molecule has 0 bridgehead atoms. The number of carbonyl (C=O) groups is 2. The van der Waals surface area contributed by atoms with Gasteiger partial charge in [0.15, 0.2) is 0 Å². The van der Waals surface area contributed by atoms with Crippen LogP contribution in [-0.2, 0) is 14.3 Å². The van der Waals surface area contributed by atoms with Crippen LogP contribution >= 0.6 is 0 Å². The summed E-state index contributed by atoms with van der Waals surface area (Å²) < 4.78 is 4.80. The molecule has 3 N–H and O–H groups in total. The Balaban J connectivity index is 2.88. The molecule has 0 spiro atoms. The van der Waals surface area contributed by atoms with Gasteiger partial charge < -0.3 is 20.5 Å². The number of carboxylic acids is 1. The second-order valence-corrected chi connectivity index (χ2v) is 3.61. The van der Waals surface area contributed by atoms with Crippen molar-refractivity contribution in [3.05, 3.63) is 24.3 Å². The number of nitrogen functional groups attached to an aromatic ring is 1. The van der Waals surface area contributed by atoms with Crippen molar-refractivity contribution in [2.24, 2.45) is 0 Å². The zero-order valence-electron chi connectivity index (χ0n) is 10.1. The van der Waals surface area contributed by atoms with E-state index in [0.717, 1.165) is 0 Å². The van der Waals surface area contributed by atoms with Crippen LogP contribution in [0.5, 0.6) is 0 Å². The topological polar surface area (TPSA) is 92.9 Å². The smallest absolute Gasteiger partial charge is 0.325 e. The van der Waals surface area contributed by atoms with E-state index in [1.54, 1.807) is 31.2 Å². The Hall–Kier alpha value is -2.24. The number of benzene rings is 1. The van der Waals surface area contributed by atoms with E-state index in [1.165, 1.54) is 4.90 Å². The molecule has 0 saturated carbocycles. The standard InChI is InChI=1S/C12H16N2O4/c1-2-18-12(17)8-14(7-11(15)16)10-6-4-3-5-9(10)13/h3-6H,2,7-8,13H2,1H3,(H,15,16). The number of carbonyl (C=O) groups excluding carboxylic acids is 1. The Morgan fingerprint density at radius 2 is 2.00 bits per heavy atom. The highest BCUT2D eigenvalue weighted by Crippen LogP contribution is 2.22. The number of para-hydroxylation sites is 2. The van der Waals surface area contributed by atoms with Crippen molar-refractivity contribution in [1.82, 2.24) is 0 Å². The minimum atomic E-state index is -1.04. The minimum Gasteiger partial charge on any atom is -0.480 e. The minimum absolute atomic E-state index is 0.144. The maximum Gasteiger partial charge on any atom is 0.325 e. The lowest BCUT2D eigenvalue weighted by Gasteiger charge is -2.23. The van der Waals surface area contributed by atoms with Crippen LogP contribution in [0.25, 0.3) is 0 Å². The van der Waals surface area contributed by atoms with Crippen molar-refractivity contribution in [3.8, 4) is 0 Å². The van der Waals surface area contributed by atoms with E-state index < -0.39 is 11.9 Å². The second kappa shape index (κ2) is 6.48. The highest BCUT2D eigenvalue weighted by molar-refractivity contribution is 5.83. The Morgan fingerprint density at radius 1 is 1.33 bits per heavy atom. The van der Waals surface area contributed by atoms with E-state index in [2.05, 4.69) is 0 Å². The van der Waals surface area contributed by atoms with E-state index in [9.17, 15) is 9.59 Å². The number of nitrogens with two attached hydrogens (primary N) is 1. The normalized spacial score (nSPS) is 9.83. The Bertz CT molecular complexity index is 434. The van der Waals surface area contributed by atoms with Gasteiger partial charge in [0.25, 0.3) is 0 Å². The fourth-order valence-electron chi connectivity index (χ4n) is 1.53. The molecule has 0 fully saturated rings. The summed E-state index contributed by atoms with van der Waals surface area (Å²) in [6.45, 7) is 1.49. The van der Waals surface area contributed by atoms with Gasteiger partial charge in [0.05, 0.1) is 18.0 Å². The molecule has 0 aliphatic heterocycles. The average molecular weight is 252 g/mol. The molecule has 0 aliphatic rings. The summed E-state index contributed by atoms with van der Waals surface area (Å²) in [4.78, 5) is 23.6. The lowest BCUT2D eigenvalue weighted by atomic mass is 10.2. The first kappa shape index (κ1) is 13.8. The molecular formula is C12H16N2O4. The summed E-state index contributed by atoms with van der Waals surface area (Å²) in [6, 6.07) is 6.78. The predicted octanol–water partition coefficient (Wildman–Crippen LogP) is 0.723. The van der Waals surface area contributed by atoms with Crippen molar-refractivity contribution in [3.63, 3.8) is 0 Å². The predicted molar refractivity (Wildman–Crippen MR) is 67.3 cm³/mol. The third-order valence-electron chi connectivity index (χ3n) is 2.23. The number of ether oxygens (including phenoxy) is 1. The fourth-order valence-corrected chi connectivity index (χ4v) is 1.53. The number of aliphatic carboxylic acids is 1. The average Bonchev–Trinajstić information content (AvgIpc) is 2.28. The Morgan fingerprint density at radius 3 is 2.56 bits per heavy atom. The first-order valence-electron chi connectivity index (χ1n) is 5.51. The lowest BCUT2D eigenvalue weighted by molar-refractivity contribution is -0.141. The summed E-state index contributed by atoms with van der Waals surface area (Å²) in [5.74, 6) is -1.52. The molecule has 0 amide bonds. The fraction of sp³-hybridized carbons (Fsp3) is 0.333. The number of carboxylic acid groups (broad SMARTS) is 1. The molecule has 98 valence electrons. The molecule has 6 nitrogen and oxygen atoms in total. The summed E-state index contributed by atoms with van der Waals surface area (Å²) in [5, 5.41) is 8.84. The number of esters is 1. The van der Waals surface area contributed by atoms with Crippen molar-refractivity contribution in [1.29, 1.82) is 0 Å². The molecule has 0 unspecified atom stereocenters. The zero-order chi connectivity index (χ0) is 13.5. The third-order valence-corrected chi connectivity index (χ3v) is 2.23. The van der Waals surface area contributed by atoms with E-state index in [-0.39, 0.29) is 19.7 Å². The van der Waals surface area contributed by atoms with E-state index >= 15 is 0 Å². The van der Waals surface area contributed by atoms with Crippen LogP contribution in [0.2, 0.25) is 0 Å². The van der Waals surface area contributed by atoms with Crippen LogP contribution in [0.3, 0.4) is 0 Å². The van der Waals surface area contributed by atoms with Gasteiger partial charge in [0, 0.05) is 0 Å². The number of rotatable bonds is 6. The number of hydrogen-bond acceptors (Lipinski definition) is 5. The monoisotopic (exact) mass is 252 g/mol. The molecule has 1 aromatic carbocycles. The van der Waals surface area contributed by atoms with Gasteiger partial charge in [-0.15, -0.1) is 0 Å². The second-order valence-electron chi connectivity index (χ2n) is 3.61. The van der Waals surface area contributed by atoms with Gasteiger partial charge in [-0.2, -0.15) is 0 Å². The van der Waals surface area contributed by atoms with Crippen LogP contribution in [-0.4, -0.2) is 36.7 Å². The van der Waals surface area contributed by atoms with Gasteiger partial charge in [-0.3, -0.25) is 9.59 Å². The third kappa shape index (κ3) is 3.97. The van der Waals surface area contributed by atoms with Crippen LogP contribution < -0.4 is 10.6 Å². The molecule has 1 aromatic rings. The summed E-state index contributed by atoms with van der Waals surface area (Å²) in [7, 11) is 0. The summed E-state index contributed by atoms with van der Waals surface area (Å²) in [5.41, 5.74) is 6.69. The van der Waals surface area contributed by atoms with Gasteiger partial charge in [-0.05, 0) is 19.1 Å². The highest BCUT2D eigenvalue weighted by atomic mass is 16.5. The van der Waals surface area contributed by atoms with Crippen LogP contribution in [0, 0.1) is 0 Å². The van der Waals surface area contributed by atoms with Crippen LogP contribution in [0.4, 0.5) is 11.4 Å². The van der Waals surface area contributed by atoms with Gasteiger partial charge >= 0.3 is 11.9 Å². The van der Waals surface area contributed by atoms with Crippen molar-refractivity contribution < 1.29 is 19.4 Å². The largest absolute Gasteiger partial charge is 0.480 e. The maximum absolute atomic E-state index is 11.4. The Kier molecular flexibility index (Phi) is 4.98. The van der Waals surface area contributed by atoms with Gasteiger partial charge in [0.2, 0.25) is 0 Å². The molecule has 0 atom stereocenters. The summed E-state index contributed by atoms with van der Waals surface area (Å²) in [6.07, 6.45) is 0.